The maximum atomic E-state index is 12.4. The minimum absolute atomic E-state index is 0.00615. The number of methoxy groups -OCH3 is 1. The van der Waals surface area contributed by atoms with Crippen LogP contribution in [0.2, 0.25) is 0 Å². The van der Waals surface area contributed by atoms with Crippen molar-refractivity contribution in [3.05, 3.63) is 42.5 Å². The molecule has 8 heteroatoms. The van der Waals surface area contributed by atoms with E-state index in [9.17, 15) is 9.59 Å². The summed E-state index contributed by atoms with van der Waals surface area (Å²) >= 11 is 0. The number of hydrogen-bond donors (Lipinski definition) is 2. The van der Waals surface area contributed by atoms with Crippen LogP contribution in [0.3, 0.4) is 0 Å². The number of aromatic nitrogens is 2. The van der Waals surface area contributed by atoms with E-state index in [1.165, 1.54) is 7.11 Å². The van der Waals surface area contributed by atoms with Gasteiger partial charge in [-0.1, -0.05) is 6.92 Å². The standard InChI is InChI=1S/C19H25N5O3/c1-3-15(12-23-10-8-20-13-23)21-18(25)22-16-6-7-17-14(11-16)5-4-9-24(17)19(26)27-2/h6-8,10-11,13,15H,3-5,9,12H2,1-2H3,(H2,21,22,25). The Hall–Kier alpha value is -3.03. The van der Waals surface area contributed by atoms with E-state index < -0.39 is 0 Å². The van der Waals surface area contributed by atoms with Gasteiger partial charge < -0.3 is 19.9 Å². The van der Waals surface area contributed by atoms with Gasteiger partial charge in [0, 0.05) is 37.2 Å². The first-order valence-electron chi connectivity index (χ1n) is 9.12. The molecule has 1 aliphatic rings. The molecule has 1 atom stereocenters. The number of benzene rings is 1. The Balaban J connectivity index is 1.63. The van der Waals surface area contributed by atoms with Crippen LogP contribution in [0.25, 0.3) is 0 Å². The molecule has 3 rings (SSSR count). The van der Waals surface area contributed by atoms with Gasteiger partial charge >= 0.3 is 12.1 Å². The number of aryl methyl sites for hydroxylation is 1. The van der Waals surface area contributed by atoms with E-state index in [1.54, 1.807) is 23.5 Å². The summed E-state index contributed by atoms with van der Waals surface area (Å²) in [5.74, 6) is 0. The quantitative estimate of drug-likeness (QED) is 0.846. The Morgan fingerprint density at radius 2 is 2.22 bits per heavy atom. The van der Waals surface area contributed by atoms with Crippen LogP contribution in [0.4, 0.5) is 21.0 Å². The first kappa shape index (κ1) is 18.8. The van der Waals surface area contributed by atoms with Gasteiger partial charge in [0.2, 0.25) is 0 Å². The van der Waals surface area contributed by atoms with Crippen molar-refractivity contribution in [1.82, 2.24) is 14.9 Å². The van der Waals surface area contributed by atoms with Crippen molar-refractivity contribution in [2.75, 3.05) is 23.9 Å². The van der Waals surface area contributed by atoms with Crippen molar-refractivity contribution < 1.29 is 14.3 Å². The molecule has 0 bridgehead atoms. The highest BCUT2D eigenvalue weighted by atomic mass is 16.5. The number of fused-ring (bicyclic) bond motifs is 1. The van der Waals surface area contributed by atoms with Crippen LogP contribution in [-0.4, -0.2) is 41.4 Å². The number of imidazole rings is 1. The summed E-state index contributed by atoms with van der Waals surface area (Å²) < 4.78 is 6.78. The molecule has 0 saturated heterocycles. The molecule has 0 radical (unpaired) electrons. The largest absolute Gasteiger partial charge is 0.452 e. The van der Waals surface area contributed by atoms with Crippen LogP contribution in [0.15, 0.2) is 36.9 Å². The van der Waals surface area contributed by atoms with Gasteiger partial charge in [-0.3, -0.25) is 4.90 Å². The zero-order valence-corrected chi connectivity index (χ0v) is 15.6. The molecule has 1 aliphatic heterocycles. The third kappa shape index (κ3) is 4.58. The minimum Gasteiger partial charge on any atom is -0.452 e. The second-order valence-corrected chi connectivity index (χ2v) is 6.53. The smallest absolute Gasteiger partial charge is 0.414 e. The number of anilines is 2. The fraction of sp³-hybridized carbons (Fsp3) is 0.421. The molecule has 8 nitrogen and oxygen atoms in total. The second kappa shape index (κ2) is 8.57. The zero-order valence-electron chi connectivity index (χ0n) is 15.6. The van der Waals surface area contributed by atoms with Crippen LogP contribution in [0.1, 0.15) is 25.3 Å². The van der Waals surface area contributed by atoms with Crippen LogP contribution in [-0.2, 0) is 17.7 Å². The molecule has 1 aromatic heterocycles. The predicted octanol–water partition coefficient (Wildman–Crippen LogP) is 3.00. The minimum atomic E-state index is -0.361. The monoisotopic (exact) mass is 371 g/mol. The van der Waals surface area contributed by atoms with Gasteiger partial charge in [0.1, 0.15) is 0 Å². The third-order valence-electron chi connectivity index (χ3n) is 4.67. The Labute approximate surface area is 158 Å². The Morgan fingerprint density at radius 3 is 2.93 bits per heavy atom. The fourth-order valence-electron chi connectivity index (χ4n) is 3.25. The first-order valence-corrected chi connectivity index (χ1v) is 9.12. The van der Waals surface area contributed by atoms with Gasteiger partial charge in [0.05, 0.1) is 19.1 Å². The van der Waals surface area contributed by atoms with Crippen LogP contribution < -0.4 is 15.5 Å². The Bertz CT molecular complexity index is 791. The number of ether oxygens (including phenoxy) is 1. The van der Waals surface area contributed by atoms with Crippen molar-refractivity contribution in [2.45, 2.75) is 38.8 Å². The van der Waals surface area contributed by atoms with Crippen LogP contribution >= 0.6 is 0 Å². The van der Waals surface area contributed by atoms with Crippen molar-refractivity contribution in [3.63, 3.8) is 0 Å². The average Bonchev–Trinajstić information content (AvgIpc) is 3.19. The van der Waals surface area contributed by atoms with Gasteiger partial charge in [-0.15, -0.1) is 0 Å². The number of carbonyl (C=O) groups excluding carboxylic acids is 2. The Morgan fingerprint density at radius 1 is 1.37 bits per heavy atom. The summed E-state index contributed by atoms with van der Waals surface area (Å²) in [5.41, 5.74) is 2.57. The lowest BCUT2D eigenvalue weighted by atomic mass is 10.0. The molecule has 1 unspecified atom stereocenters. The van der Waals surface area contributed by atoms with Crippen LogP contribution in [0, 0.1) is 0 Å². The number of nitrogens with zero attached hydrogens (tertiary/aromatic N) is 3. The molecule has 1 aromatic carbocycles. The number of carbonyl (C=O) groups is 2. The van der Waals surface area contributed by atoms with E-state index in [2.05, 4.69) is 15.6 Å². The summed E-state index contributed by atoms with van der Waals surface area (Å²) in [6, 6.07) is 5.33. The predicted molar refractivity (Wildman–Crippen MR) is 103 cm³/mol. The number of rotatable bonds is 5. The summed E-state index contributed by atoms with van der Waals surface area (Å²) in [7, 11) is 1.38. The topological polar surface area (TPSA) is 88.5 Å². The number of hydrogen-bond acceptors (Lipinski definition) is 4. The van der Waals surface area contributed by atoms with Gasteiger partial charge in [0.25, 0.3) is 0 Å². The SMILES string of the molecule is CCC(Cn1ccnc1)NC(=O)Nc1ccc2c(c1)CCCN2C(=O)OC. The van der Waals surface area contributed by atoms with E-state index in [1.807, 2.05) is 29.8 Å². The number of nitrogens with one attached hydrogen (secondary N) is 2. The molecule has 2 aromatic rings. The third-order valence-corrected chi connectivity index (χ3v) is 4.67. The highest BCUT2D eigenvalue weighted by Gasteiger charge is 2.23. The molecule has 0 spiro atoms. The molecule has 0 saturated carbocycles. The number of amides is 3. The summed E-state index contributed by atoms with van der Waals surface area (Å²) in [4.78, 5) is 29.9. The van der Waals surface area contributed by atoms with Crippen molar-refractivity contribution >= 4 is 23.5 Å². The zero-order chi connectivity index (χ0) is 19.2. The second-order valence-electron chi connectivity index (χ2n) is 6.53. The van der Waals surface area contributed by atoms with Crippen LogP contribution in [0.5, 0.6) is 0 Å². The average molecular weight is 371 g/mol. The lowest BCUT2D eigenvalue weighted by Gasteiger charge is -2.28. The Kier molecular flexibility index (Phi) is 5.95. The normalized spacial score (nSPS) is 14.2. The van der Waals surface area contributed by atoms with Crippen molar-refractivity contribution in [3.8, 4) is 0 Å². The van der Waals surface area contributed by atoms with E-state index in [0.29, 0.717) is 18.8 Å². The molecule has 27 heavy (non-hydrogen) atoms. The maximum absolute atomic E-state index is 12.4. The summed E-state index contributed by atoms with van der Waals surface area (Å²) in [6.07, 6.45) is 7.50. The molecule has 3 amide bonds. The molecule has 0 fully saturated rings. The lowest BCUT2D eigenvalue weighted by Crippen LogP contribution is -2.40. The van der Waals surface area contributed by atoms with Gasteiger partial charge in [-0.2, -0.15) is 0 Å². The van der Waals surface area contributed by atoms with E-state index in [4.69, 9.17) is 4.74 Å². The maximum Gasteiger partial charge on any atom is 0.414 e. The lowest BCUT2D eigenvalue weighted by molar-refractivity contribution is 0.178. The summed E-state index contributed by atoms with van der Waals surface area (Å²) in [5, 5.41) is 5.87. The van der Waals surface area contributed by atoms with E-state index >= 15 is 0 Å². The first-order chi connectivity index (χ1) is 13.1. The molecular weight excluding hydrogens is 346 g/mol. The molecule has 2 N–H and O–H groups in total. The van der Waals surface area contributed by atoms with E-state index in [0.717, 1.165) is 30.5 Å². The summed E-state index contributed by atoms with van der Waals surface area (Å²) in [6.45, 7) is 3.34. The van der Waals surface area contributed by atoms with Gasteiger partial charge in [-0.05, 0) is 43.0 Å². The fourth-order valence-corrected chi connectivity index (χ4v) is 3.25. The van der Waals surface area contributed by atoms with Crippen molar-refractivity contribution in [1.29, 1.82) is 0 Å². The van der Waals surface area contributed by atoms with Crippen molar-refractivity contribution in [2.24, 2.45) is 0 Å². The molecular formula is C19H25N5O3. The molecule has 2 heterocycles. The number of urea groups is 1. The van der Waals surface area contributed by atoms with Gasteiger partial charge in [-0.25, -0.2) is 14.6 Å². The molecule has 144 valence electrons. The highest BCUT2D eigenvalue weighted by Crippen LogP contribution is 2.30. The highest BCUT2D eigenvalue weighted by molar-refractivity contribution is 5.92. The van der Waals surface area contributed by atoms with E-state index in [-0.39, 0.29) is 18.2 Å². The molecule has 0 aliphatic carbocycles. The van der Waals surface area contributed by atoms with Gasteiger partial charge in [0.15, 0.2) is 0 Å².